The summed E-state index contributed by atoms with van der Waals surface area (Å²) < 4.78 is 1.65. The molecule has 1 aliphatic rings. The van der Waals surface area contributed by atoms with Crippen LogP contribution in [0.3, 0.4) is 0 Å². The Hall–Kier alpha value is -3.29. The number of urea groups is 1. The highest BCUT2D eigenvalue weighted by atomic mass is 16.2. The van der Waals surface area contributed by atoms with Gasteiger partial charge in [-0.25, -0.2) is 9.48 Å². The lowest BCUT2D eigenvalue weighted by Gasteiger charge is -2.22. The first kappa shape index (κ1) is 18.1. The minimum Gasteiger partial charge on any atom is -0.319 e. The zero-order valence-electron chi connectivity index (χ0n) is 15.9. The van der Waals surface area contributed by atoms with Crippen molar-refractivity contribution in [1.82, 2.24) is 30.4 Å². The molecule has 28 heavy (non-hydrogen) atoms. The third-order valence-corrected chi connectivity index (χ3v) is 5.23. The van der Waals surface area contributed by atoms with Gasteiger partial charge in [-0.2, -0.15) is 0 Å². The van der Waals surface area contributed by atoms with Gasteiger partial charge in [-0.15, -0.1) is 5.10 Å². The number of fused-ring (bicyclic) bond motifs is 1. The number of imide groups is 1. The van der Waals surface area contributed by atoms with E-state index in [-0.39, 0.29) is 12.5 Å². The average Bonchev–Trinajstić information content (AvgIpc) is 3.24. The van der Waals surface area contributed by atoms with Crippen molar-refractivity contribution >= 4 is 22.7 Å². The molecule has 0 spiro atoms. The van der Waals surface area contributed by atoms with Crippen LogP contribution in [0.15, 0.2) is 42.5 Å². The first-order chi connectivity index (χ1) is 13.5. The van der Waals surface area contributed by atoms with Gasteiger partial charge in [0, 0.05) is 6.54 Å². The largest absolute Gasteiger partial charge is 0.325 e. The van der Waals surface area contributed by atoms with Crippen LogP contribution in [0.5, 0.6) is 0 Å². The first-order valence-electron chi connectivity index (χ1n) is 9.41. The second-order valence-corrected chi connectivity index (χ2v) is 7.18. The van der Waals surface area contributed by atoms with Crippen LogP contribution in [0.4, 0.5) is 4.79 Å². The van der Waals surface area contributed by atoms with Crippen molar-refractivity contribution in [3.05, 3.63) is 53.9 Å². The molecule has 1 atom stereocenters. The SMILES string of the molecule is CCCCn1nnnc1CN1C(=O)NC(C)(c2ccc3ccccc3c2)C1=O. The van der Waals surface area contributed by atoms with Crippen LogP contribution in [-0.2, 0) is 23.4 Å². The molecule has 1 saturated heterocycles. The number of carbonyl (C=O) groups excluding carboxylic acids is 2. The zero-order chi connectivity index (χ0) is 19.7. The van der Waals surface area contributed by atoms with Crippen molar-refractivity contribution in [2.45, 2.75) is 45.3 Å². The van der Waals surface area contributed by atoms with E-state index >= 15 is 0 Å². The Bertz CT molecular complexity index is 1050. The van der Waals surface area contributed by atoms with Gasteiger partial charge >= 0.3 is 6.03 Å². The standard InChI is InChI=1S/C20H22N6O2/c1-3-4-11-26-17(22-23-24-26)13-25-18(27)20(2,21-19(25)28)16-10-9-14-7-5-6-8-15(14)12-16/h5-10,12H,3-4,11,13H2,1-2H3,(H,21,28). The smallest absolute Gasteiger partial charge is 0.319 e. The third-order valence-electron chi connectivity index (χ3n) is 5.23. The van der Waals surface area contributed by atoms with Gasteiger partial charge in [0.2, 0.25) is 0 Å². The van der Waals surface area contributed by atoms with Crippen LogP contribution in [0.2, 0.25) is 0 Å². The average molecular weight is 378 g/mol. The van der Waals surface area contributed by atoms with Crippen molar-refractivity contribution in [2.24, 2.45) is 0 Å². The Morgan fingerprint density at radius 1 is 1.11 bits per heavy atom. The maximum absolute atomic E-state index is 13.2. The molecule has 2 heterocycles. The Kier molecular flexibility index (Phi) is 4.54. The topological polar surface area (TPSA) is 93.0 Å². The third kappa shape index (κ3) is 3.00. The number of carbonyl (C=O) groups is 2. The second-order valence-electron chi connectivity index (χ2n) is 7.18. The number of aromatic nitrogens is 4. The van der Waals surface area contributed by atoms with Gasteiger partial charge in [-0.1, -0.05) is 49.7 Å². The van der Waals surface area contributed by atoms with Gasteiger partial charge in [0.1, 0.15) is 5.54 Å². The van der Waals surface area contributed by atoms with Gasteiger partial charge in [-0.05, 0) is 46.2 Å². The van der Waals surface area contributed by atoms with E-state index in [4.69, 9.17) is 0 Å². The number of tetrazole rings is 1. The number of unbranched alkanes of at least 4 members (excludes halogenated alkanes) is 1. The number of amides is 3. The van der Waals surface area contributed by atoms with E-state index in [1.165, 1.54) is 4.90 Å². The molecule has 1 aromatic heterocycles. The number of nitrogens with one attached hydrogen (secondary N) is 1. The lowest BCUT2D eigenvalue weighted by atomic mass is 9.90. The number of nitrogens with zero attached hydrogens (tertiary/aromatic N) is 5. The van der Waals surface area contributed by atoms with Crippen molar-refractivity contribution in [3.63, 3.8) is 0 Å². The van der Waals surface area contributed by atoms with Gasteiger partial charge < -0.3 is 5.32 Å². The lowest BCUT2D eigenvalue weighted by molar-refractivity contribution is -0.131. The zero-order valence-corrected chi connectivity index (χ0v) is 15.9. The summed E-state index contributed by atoms with van der Waals surface area (Å²) in [6.07, 6.45) is 1.93. The van der Waals surface area contributed by atoms with Crippen LogP contribution >= 0.6 is 0 Å². The molecule has 8 heteroatoms. The van der Waals surface area contributed by atoms with Crippen LogP contribution in [0.1, 0.15) is 38.1 Å². The molecule has 1 fully saturated rings. The predicted octanol–water partition coefficient (Wildman–Crippen LogP) is 2.59. The fraction of sp³-hybridized carbons (Fsp3) is 0.350. The summed E-state index contributed by atoms with van der Waals surface area (Å²) in [6.45, 7) is 4.52. The Morgan fingerprint density at radius 2 is 1.89 bits per heavy atom. The van der Waals surface area contributed by atoms with Gasteiger partial charge in [0.15, 0.2) is 5.82 Å². The molecule has 0 bridgehead atoms. The van der Waals surface area contributed by atoms with E-state index in [2.05, 4.69) is 27.8 Å². The van der Waals surface area contributed by atoms with Crippen molar-refractivity contribution in [3.8, 4) is 0 Å². The molecule has 3 amide bonds. The molecular weight excluding hydrogens is 356 g/mol. The molecular formula is C20H22N6O2. The minimum absolute atomic E-state index is 0.0462. The summed E-state index contributed by atoms with van der Waals surface area (Å²) in [7, 11) is 0. The quantitative estimate of drug-likeness (QED) is 0.666. The highest BCUT2D eigenvalue weighted by Gasteiger charge is 2.49. The summed E-state index contributed by atoms with van der Waals surface area (Å²) in [5, 5.41) is 16.6. The Balaban J connectivity index is 1.61. The van der Waals surface area contributed by atoms with E-state index in [0.29, 0.717) is 12.4 Å². The van der Waals surface area contributed by atoms with Crippen LogP contribution in [-0.4, -0.2) is 37.0 Å². The summed E-state index contributed by atoms with van der Waals surface area (Å²) in [4.78, 5) is 27.0. The minimum atomic E-state index is -1.12. The molecule has 3 aromatic rings. The Labute approximate surface area is 162 Å². The predicted molar refractivity (Wildman–Crippen MR) is 103 cm³/mol. The summed E-state index contributed by atoms with van der Waals surface area (Å²) >= 11 is 0. The van der Waals surface area contributed by atoms with E-state index < -0.39 is 11.6 Å². The normalized spacial score (nSPS) is 19.4. The molecule has 2 aromatic carbocycles. The molecule has 1 unspecified atom stereocenters. The number of aryl methyl sites for hydroxylation is 1. The van der Waals surface area contributed by atoms with Gasteiger partial charge in [0.25, 0.3) is 5.91 Å². The Morgan fingerprint density at radius 3 is 2.68 bits per heavy atom. The van der Waals surface area contributed by atoms with E-state index in [0.717, 1.165) is 29.2 Å². The van der Waals surface area contributed by atoms with E-state index in [9.17, 15) is 9.59 Å². The molecule has 1 aliphatic heterocycles. The number of rotatable bonds is 6. The highest BCUT2D eigenvalue weighted by molar-refractivity contribution is 6.07. The number of benzene rings is 2. The molecule has 0 aliphatic carbocycles. The number of hydrogen-bond donors (Lipinski definition) is 1. The summed E-state index contributed by atoms with van der Waals surface area (Å²) in [5.41, 5.74) is -0.374. The van der Waals surface area contributed by atoms with E-state index in [1.807, 2.05) is 42.5 Å². The molecule has 4 rings (SSSR count). The first-order valence-corrected chi connectivity index (χ1v) is 9.41. The lowest BCUT2D eigenvalue weighted by Crippen LogP contribution is -2.40. The van der Waals surface area contributed by atoms with E-state index in [1.54, 1.807) is 11.6 Å². The van der Waals surface area contributed by atoms with Gasteiger partial charge in [-0.3, -0.25) is 9.69 Å². The molecule has 1 N–H and O–H groups in total. The van der Waals surface area contributed by atoms with Crippen molar-refractivity contribution in [2.75, 3.05) is 0 Å². The monoisotopic (exact) mass is 378 g/mol. The molecule has 0 radical (unpaired) electrons. The molecule has 0 saturated carbocycles. The van der Waals surface area contributed by atoms with Crippen molar-refractivity contribution < 1.29 is 9.59 Å². The summed E-state index contributed by atoms with van der Waals surface area (Å²) in [6, 6.07) is 13.3. The molecule has 144 valence electrons. The number of hydrogen-bond acceptors (Lipinski definition) is 5. The fourth-order valence-electron chi connectivity index (χ4n) is 3.50. The summed E-state index contributed by atoms with van der Waals surface area (Å²) in [5.74, 6) is 0.192. The van der Waals surface area contributed by atoms with Crippen LogP contribution in [0, 0.1) is 0 Å². The van der Waals surface area contributed by atoms with Crippen molar-refractivity contribution in [1.29, 1.82) is 0 Å². The fourth-order valence-corrected chi connectivity index (χ4v) is 3.50. The maximum atomic E-state index is 13.2. The second kappa shape index (κ2) is 7.03. The van der Waals surface area contributed by atoms with Crippen LogP contribution in [0.25, 0.3) is 10.8 Å². The van der Waals surface area contributed by atoms with Gasteiger partial charge in [0.05, 0.1) is 6.54 Å². The highest BCUT2D eigenvalue weighted by Crippen LogP contribution is 2.31. The van der Waals surface area contributed by atoms with Crippen LogP contribution < -0.4 is 5.32 Å². The molecule has 8 nitrogen and oxygen atoms in total. The maximum Gasteiger partial charge on any atom is 0.325 e.